The number of nitro groups is 1. The number of rotatable bonds is 6. The lowest BCUT2D eigenvalue weighted by molar-refractivity contribution is -0.575. The highest BCUT2D eigenvalue weighted by Crippen LogP contribution is 2.21. The van der Waals surface area contributed by atoms with E-state index in [2.05, 4.69) is 0 Å². The molecule has 4 nitrogen and oxygen atoms in total. The van der Waals surface area contributed by atoms with E-state index in [-0.39, 0.29) is 11.5 Å². The van der Waals surface area contributed by atoms with Crippen LogP contribution >= 0.6 is 0 Å². The molecule has 0 radical (unpaired) electrons. The maximum absolute atomic E-state index is 10.6. The van der Waals surface area contributed by atoms with Gasteiger partial charge in [-0.3, -0.25) is 10.1 Å². The van der Waals surface area contributed by atoms with Crippen LogP contribution in [0.3, 0.4) is 0 Å². The van der Waals surface area contributed by atoms with Crippen LogP contribution in [0, 0.1) is 10.1 Å². The number of aliphatic hydroxyl groups excluding tert-OH is 1. The summed E-state index contributed by atoms with van der Waals surface area (Å²) in [6.45, 7) is 3.38. The van der Waals surface area contributed by atoms with Crippen molar-refractivity contribution >= 4 is 0 Å². The van der Waals surface area contributed by atoms with Gasteiger partial charge in [-0.15, -0.1) is 0 Å². The normalized spacial score (nSPS) is 15.6. The molecule has 0 heterocycles. The fourth-order valence-corrected chi connectivity index (χ4v) is 1.15. The Hall–Kier alpha value is -0.640. The van der Waals surface area contributed by atoms with Gasteiger partial charge in [0.15, 0.2) is 0 Å². The molecule has 0 fully saturated rings. The highest BCUT2D eigenvalue weighted by Gasteiger charge is 2.39. The van der Waals surface area contributed by atoms with Crippen molar-refractivity contribution in [1.29, 1.82) is 0 Å². The van der Waals surface area contributed by atoms with E-state index < -0.39 is 5.54 Å². The van der Waals surface area contributed by atoms with Crippen molar-refractivity contribution in [2.75, 3.05) is 6.61 Å². The number of unbranched alkanes of at least 4 members (excludes halogenated alkanes) is 1. The van der Waals surface area contributed by atoms with Crippen LogP contribution in [0.5, 0.6) is 0 Å². The Kier molecular flexibility index (Phi) is 4.81. The predicted octanol–water partition coefficient (Wildman–Crippen LogP) is 1.59. The summed E-state index contributed by atoms with van der Waals surface area (Å²) < 4.78 is 0. The summed E-state index contributed by atoms with van der Waals surface area (Å²) in [5.41, 5.74) is -1.09. The van der Waals surface area contributed by atoms with Gasteiger partial charge in [0.2, 0.25) is 5.54 Å². The van der Waals surface area contributed by atoms with E-state index in [4.69, 9.17) is 5.11 Å². The van der Waals surface area contributed by atoms with E-state index >= 15 is 0 Å². The van der Waals surface area contributed by atoms with Gasteiger partial charge in [-0.05, 0) is 6.42 Å². The molecule has 0 aromatic rings. The molecule has 0 saturated heterocycles. The van der Waals surface area contributed by atoms with Gasteiger partial charge in [0, 0.05) is 17.8 Å². The van der Waals surface area contributed by atoms with E-state index in [1.54, 1.807) is 6.92 Å². The van der Waals surface area contributed by atoms with E-state index in [1.807, 2.05) is 6.92 Å². The third kappa shape index (κ3) is 2.44. The van der Waals surface area contributed by atoms with Crippen molar-refractivity contribution in [3.05, 3.63) is 10.1 Å². The number of nitrogens with zero attached hydrogens (tertiary/aromatic N) is 1. The molecule has 4 heteroatoms. The summed E-state index contributed by atoms with van der Waals surface area (Å²) in [6.07, 6.45) is 2.60. The first-order chi connectivity index (χ1) is 5.63. The number of aliphatic hydroxyl groups is 1. The molecule has 0 aromatic carbocycles. The van der Waals surface area contributed by atoms with Gasteiger partial charge in [0.25, 0.3) is 0 Å². The smallest absolute Gasteiger partial charge is 0.244 e. The maximum Gasteiger partial charge on any atom is 0.244 e. The summed E-state index contributed by atoms with van der Waals surface area (Å²) in [4.78, 5) is 10.3. The van der Waals surface area contributed by atoms with Crippen molar-refractivity contribution in [1.82, 2.24) is 0 Å². The Bertz CT molecular complexity index is 143. The third-order valence-corrected chi connectivity index (χ3v) is 2.34. The zero-order valence-corrected chi connectivity index (χ0v) is 7.75. The van der Waals surface area contributed by atoms with Crippen LogP contribution < -0.4 is 0 Å². The summed E-state index contributed by atoms with van der Waals surface area (Å²) in [5, 5.41) is 19.6. The Labute approximate surface area is 72.7 Å². The third-order valence-electron chi connectivity index (χ3n) is 2.34. The Balaban J connectivity index is 4.25. The van der Waals surface area contributed by atoms with Crippen LogP contribution in [0.25, 0.3) is 0 Å². The average molecular weight is 175 g/mol. The predicted molar refractivity (Wildman–Crippen MR) is 46.6 cm³/mol. The first-order valence-corrected chi connectivity index (χ1v) is 4.38. The molecule has 0 aliphatic carbocycles. The monoisotopic (exact) mass is 175 g/mol. The van der Waals surface area contributed by atoms with Gasteiger partial charge >= 0.3 is 0 Å². The lowest BCUT2D eigenvalue weighted by Crippen LogP contribution is -2.41. The molecule has 1 N–H and O–H groups in total. The standard InChI is InChI=1S/C8H17NO3/c1-3-5-6-8(4-2,7-10)9(11)12/h10H,3-7H2,1-2H3. The second kappa shape index (κ2) is 5.09. The van der Waals surface area contributed by atoms with Crippen LogP contribution in [0.15, 0.2) is 0 Å². The molecule has 1 atom stereocenters. The molecule has 0 rings (SSSR count). The molecule has 1 unspecified atom stereocenters. The van der Waals surface area contributed by atoms with Crippen molar-refractivity contribution < 1.29 is 10.0 Å². The van der Waals surface area contributed by atoms with Crippen molar-refractivity contribution in [2.45, 2.75) is 45.1 Å². The maximum atomic E-state index is 10.6. The fraction of sp³-hybridized carbons (Fsp3) is 1.00. The molecule has 0 spiro atoms. The van der Waals surface area contributed by atoms with E-state index in [0.717, 1.165) is 12.8 Å². The van der Waals surface area contributed by atoms with Crippen molar-refractivity contribution in [3.8, 4) is 0 Å². The molecule has 72 valence electrons. The first kappa shape index (κ1) is 11.4. The van der Waals surface area contributed by atoms with Crippen molar-refractivity contribution in [3.63, 3.8) is 0 Å². The van der Waals surface area contributed by atoms with Crippen molar-refractivity contribution in [2.24, 2.45) is 0 Å². The minimum atomic E-state index is -1.09. The Morgan fingerprint density at radius 2 is 2.08 bits per heavy atom. The van der Waals surface area contributed by atoms with E-state index in [0.29, 0.717) is 12.8 Å². The second-order valence-electron chi connectivity index (χ2n) is 3.10. The molecule has 0 amide bonds. The summed E-state index contributed by atoms with van der Waals surface area (Å²) in [6, 6.07) is 0. The lowest BCUT2D eigenvalue weighted by Gasteiger charge is -2.20. The summed E-state index contributed by atoms with van der Waals surface area (Å²) >= 11 is 0. The highest BCUT2D eigenvalue weighted by atomic mass is 16.6. The topological polar surface area (TPSA) is 63.4 Å². The molecule has 0 aliphatic rings. The van der Waals surface area contributed by atoms with Gasteiger partial charge in [-0.25, -0.2) is 0 Å². The quantitative estimate of drug-likeness (QED) is 0.492. The van der Waals surface area contributed by atoms with Crippen LogP contribution in [0.2, 0.25) is 0 Å². The zero-order chi connectivity index (χ0) is 9.61. The van der Waals surface area contributed by atoms with E-state index in [1.165, 1.54) is 0 Å². The average Bonchev–Trinajstić information content (AvgIpc) is 2.07. The number of hydrogen-bond acceptors (Lipinski definition) is 3. The van der Waals surface area contributed by atoms with Crippen LogP contribution in [-0.4, -0.2) is 22.2 Å². The molecular weight excluding hydrogens is 158 g/mol. The Morgan fingerprint density at radius 3 is 2.33 bits per heavy atom. The Morgan fingerprint density at radius 1 is 1.50 bits per heavy atom. The molecular formula is C8H17NO3. The van der Waals surface area contributed by atoms with Gasteiger partial charge in [-0.2, -0.15) is 0 Å². The summed E-state index contributed by atoms with van der Waals surface area (Å²) in [5.74, 6) is 0. The van der Waals surface area contributed by atoms with Crippen LogP contribution in [-0.2, 0) is 0 Å². The lowest BCUT2D eigenvalue weighted by atomic mass is 9.91. The molecule has 0 bridgehead atoms. The van der Waals surface area contributed by atoms with Crippen LogP contribution in [0.1, 0.15) is 39.5 Å². The first-order valence-electron chi connectivity index (χ1n) is 4.38. The SMILES string of the molecule is CCCCC(CC)(CO)[N+](=O)[O-]. The number of hydrogen-bond donors (Lipinski definition) is 1. The van der Waals surface area contributed by atoms with E-state index in [9.17, 15) is 10.1 Å². The molecule has 0 aliphatic heterocycles. The van der Waals surface area contributed by atoms with Crippen LogP contribution in [0.4, 0.5) is 0 Å². The van der Waals surface area contributed by atoms with Gasteiger partial charge < -0.3 is 5.11 Å². The molecule has 0 saturated carbocycles. The van der Waals surface area contributed by atoms with Gasteiger partial charge in [0.1, 0.15) is 6.61 Å². The minimum Gasteiger partial charge on any atom is -0.389 e. The zero-order valence-electron chi connectivity index (χ0n) is 7.75. The molecule has 12 heavy (non-hydrogen) atoms. The summed E-state index contributed by atoms with van der Waals surface area (Å²) in [7, 11) is 0. The largest absolute Gasteiger partial charge is 0.389 e. The highest BCUT2D eigenvalue weighted by molar-refractivity contribution is 4.76. The molecule has 0 aromatic heterocycles. The second-order valence-corrected chi connectivity index (χ2v) is 3.10. The fourth-order valence-electron chi connectivity index (χ4n) is 1.15. The van der Waals surface area contributed by atoms with Gasteiger partial charge in [0.05, 0.1) is 0 Å². The minimum absolute atomic E-state index is 0.345. The van der Waals surface area contributed by atoms with Gasteiger partial charge in [-0.1, -0.05) is 20.3 Å².